The summed E-state index contributed by atoms with van der Waals surface area (Å²) >= 11 is 12.0. The van der Waals surface area contributed by atoms with Crippen LogP contribution in [-0.2, 0) is 17.5 Å². The Hall–Kier alpha value is -2.88. The van der Waals surface area contributed by atoms with Crippen molar-refractivity contribution in [2.45, 2.75) is 12.7 Å². The number of alkyl halides is 3. The van der Waals surface area contributed by atoms with Gasteiger partial charge in [0, 0.05) is 12.1 Å². The number of halogens is 6. The molecule has 0 saturated carbocycles. The molecule has 0 aliphatic carbocycles. The number of nitrogens with zero attached hydrogens (tertiary/aromatic N) is 3. The second-order valence-electron chi connectivity index (χ2n) is 6.43. The highest BCUT2D eigenvalue weighted by Gasteiger charge is 2.41. The van der Waals surface area contributed by atoms with Crippen LogP contribution in [0, 0.1) is 5.82 Å². The number of hydrogen-bond acceptors (Lipinski definition) is 4. The zero-order valence-electron chi connectivity index (χ0n) is 18.0. The number of rotatable bonds is 5. The predicted octanol–water partition coefficient (Wildman–Crippen LogP) is 6.81. The average Bonchev–Trinajstić information content (AvgIpc) is 3.38. The fourth-order valence-electron chi connectivity index (χ4n) is 3.16. The highest BCUT2D eigenvalue weighted by Crippen LogP contribution is 2.43. The standard InChI is InChI=1S/C21H13Cl2F4N3O2/c1-31-10-14-18(17-15(23)6-3-7-16(17)24)29-32-19(14)13-9-28-30(20(13)21(25,26)27)12-5-2-4-11(22)8-12/h2-9H,10H2,1H3/i10D2. The topological polar surface area (TPSA) is 53.1 Å². The number of aromatic nitrogens is 3. The first-order chi connectivity index (χ1) is 16.0. The van der Waals surface area contributed by atoms with Crippen molar-refractivity contribution in [3.8, 4) is 28.3 Å². The van der Waals surface area contributed by atoms with Crippen molar-refractivity contribution in [1.29, 1.82) is 0 Å². The molecule has 5 nitrogen and oxygen atoms in total. The molecule has 32 heavy (non-hydrogen) atoms. The van der Waals surface area contributed by atoms with E-state index in [2.05, 4.69) is 10.3 Å². The van der Waals surface area contributed by atoms with E-state index in [-0.39, 0.29) is 21.3 Å². The minimum absolute atomic E-state index is 0.000682. The lowest BCUT2D eigenvalue weighted by Gasteiger charge is -2.13. The second-order valence-corrected chi connectivity index (χ2v) is 7.28. The molecule has 0 radical (unpaired) electrons. The molecule has 0 saturated heterocycles. The Morgan fingerprint density at radius 2 is 1.94 bits per heavy atom. The molecule has 2 aromatic heterocycles. The quantitative estimate of drug-likeness (QED) is 0.290. The summed E-state index contributed by atoms with van der Waals surface area (Å²) in [6.45, 7) is -2.74. The smallest absolute Gasteiger partial charge is 0.380 e. The maximum atomic E-state index is 14.6. The summed E-state index contributed by atoms with van der Waals surface area (Å²) < 4.78 is 84.4. The molecule has 166 valence electrons. The minimum atomic E-state index is -4.96. The van der Waals surface area contributed by atoms with E-state index in [0.717, 1.165) is 19.4 Å². The van der Waals surface area contributed by atoms with Crippen molar-refractivity contribution in [3.63, 3.8) is 0 Å². The number of hydrogen-bond donors (Lipinski definition) is 0. The van der Waals surface area contributed by atoms with E-state index in [1.165, 1.54) is 36.4 Å². The van der Waals surface area contributed by atoms with Crippen LogP contribution in [0.15, 0.2) is 53.2 Å². The van der Waals surface area contributed by atoms with Gasteiger partial charge in [0.2, 0.25) is 0 Å². The van der Waals surface area contributed by atoms with E-state index in [9.17, 15) is 17.6 Å². The maximum Gasteiger partial charge on any atom is 0.434 e. The molecule has 0 N–H and O–H groups in total. The van der Waals surface area contributed by atoms with Gasteiger partial charge < -0.3 is 9.26 Å². The maximum absolute atomic E-state index is 14.6. The first-order valence-electron chi connectivity index (χ1n) is 9.87. The van der Waals surface area contributed by atoms with Crippen LogP contribution >= 0.6 is 23.2 Å². The van der Waals surface area contributed by atoms with Crippen molar-refractivity contribution in [1.82, 2.24) is 14.9 Å². The predicted molar refractivity (Wildman–Crippen MR) is 110 cm³/mol. The zero-order chi connectivity index (χ0) is 24.8. The van der Waals surface area contributed by atoms with Crippen molar-refractivity contribution < 1.29 is 29.6 Å². The van der Waals surface area contributed by atoms with Crippen LogP contribution in [-0.4, -0.2) is 22.0 Å². The van der Waals surface area contributed by atoms with Gasteiger partial charge in [0.15, 0.2) is 11.5 Å². The molecule has 2 aromatic carbocycles. The van der Waals surface area contributed by atoms with Crippen LogP contribution in [0.4, 0.5) is 17.6 Å². The number of methoxy groups -OCH3 is 1. The molecule has 0 aliphatic heterocycles. The molecule has 0 aliphatic rings. The Bertz CT molecular complexity index is 1350. The fraction of sp³-hybridized carbons (Fsp3) is 0.143. The highest BCUT2D eigenvalue weighted by molar-refractivity contribution is 6.33. The van der Waals surface area contributed by atoms with Crippen molar-refractivity contribution >= 4 is 23.2 Å². The van der Waals surface area contributed by atoms with Gasteiger partial charge in [-0.15, -0.1) is 0 Å². The normalized spacial score (nSPS) is 13.2. The van der Waals surface area contributed by atoms with Crippen molar-refractivity contribution in [2.75, 3.05) is 7.11 Å². The van der Waals surface area contributed by atoms with Crippen molar-refractivity contribution in [2.24, 2.45) is 0 Å². The Morgan fingerprint density at radius 3 is 2.59 bits per heavy atom. The third-order valence-corrected chi connectivity index (χ3v) is 4.98. The Labute approximate surface area is 191 Å². The van der Waals surface area contributed by atoms with Gasteiger partial charge in [-0.05, 0) is 30.3 Å². The Morgan fingerprint density at radius 1 is 1.19 bits per heavy atom. The summed E-state index contributed by atoms with van der Waals surface area (Å²) in [4.78, 5) is 0. The van der Waals surface area contributed by atoms with Crippen LogP contribution in [0.25, 0.3) is 28.3 Å². The SMILES string of the molecule is [2H]C([2H])(OC)c1c(-c2c(F)cccc2Cl)noc1-c1cnn(-c2cccc(Cl)c2)c1C(F)(F)F. The first-order valence-corrected chi connectivity index (χ1v) is 9.62. The number of benzene rings is 2. The second kappa shape index (κ2) is 8.57. The van der Waals surface area contributed by atoms with Crippen LogP contribution < -0.4 is 0 Å². The van der Waals surface area contributed by atoms with Gasteiger partial charge in [-0.1, -0.05) is 40.5 Å². The van der Waals surface area contributed by atoms with Gasteiger partial charge in [-0.2, -0.15) is 18.3 Å². The molecule has 11 heteroatoms. The molecule has 4 aromatic rings. The fourth-order valence-corrected chi connectivity index (χ4v) is 3.59. The molecule has 0 spiro atoms. The molecular formula is C21H13Cl2F4N3O2. The largest absolute Gasteiger partial charge is 0.434 e. The molecule has 0 fully saturated rings. The van der Waals surface area contributed by atoms with E-state index in [1.807, 2.05) is 0 Å². The van der Waals surface area contributed by atoms with Gasteiger partial charge in [0.05, 0.1) is 42.9 Å². The van der Waals surface area contributed by atoms with Crippen LogP contribution in [0.5, 0.6) is 0 Å². The van der Waals surface area contributed by atoms with E-state index >= 15 is 0 Å². The molecule has 0 atom stereocenters. The summed E-state index contributed by atoms with van der Waals surface area (Å²) in [5.41, 5.74) is -3.32. The first kappa shape index (κ1) is 19.8. The Kier molecular flexibility index (Phi) is 5.30. The van der Waals surface area contributed by atoms with E-state index in [0.29, 0.717) is 4.68 Å². The average molecular weight is 488 g/mol. The van der Waals surface area contributed by atoms with Crippen LogP contribution in [0.1, 0.15) is 14.0 Å². The van der Waals surface area contributed by atoms with E-state index < -0.39 is 46.8 Å². The minimum Gasteiger partial charge on any atom is -0.380 e. The lowest BCUT2D eigenvalue weighted by molar-refractivity contribution is -0.142. The summed E-state index contributed by atoms with van der Waals surface area (Å²) in [5.74, 6) is -1.53. The summed E-state index contributed by atoms with van der Waals surface area (Å²) in [7, 11) is 0.990. The third-order valence-electron chi connectivity index (χ3n) is 4.43. The van der Waals surface area contributed by atoms with E-state index in [4.69, 9.17) is 35.2 Å². The van der Waals surface area contributed by atoms with Gasteiger partial charge in [0.1, 0.15) is 11.5 Å². The molecule has 4 rings (SSSR count). The molecule has 0 bridgehead atoms. The summed E-state index contributed by atoms with van der Waals surface area (Å²) in [6, 6.07) is 9.23. The summed E-state index contributed by atoms with van der Waals surface area (Å²) in [6.07, 6.45) is -4.12. The van der Waals surface area contributed by atoms with E-state index in [1.54, 1.807) is 0 Å². The Balaban J connectivity index is 2.04. The lowest BCUT2D eigenvalue weighted by atomic mass is 10.0. The van der Waals surface area contributed by atoms with Gasteiger partial charge in [0.25, 0.3) is 0 Å². The summed E-state index contributed by atoms with van der Waals surface area (Å²) in [5, 5.41) is 7.52. The number of ether oxygens (including phenoxy) is 1. The molecular weight excluding hydrogens is 473 g/mol. The van der Waals surface area contributed by atoms with Gasteiger partial charge in [-0.25, -0.2) is 9.07 Å². The molecule has 0 unspecified atom stereocenters. The van der Waals surface area contributed by atoms with Gasteiger partial charge in [-0.3, -0.25) is 0 Å². The van der Waals surface area contributed by atoms with Gasteiger partial charge >= 0.3 is 6.18 Å². The molecule has 0 amide bonds. The van der Waals surface area contributed by atoms with Crippen molar-refractivity contribution in [3.05, 3.63) is 75.8 Å². The lowest BCUT2D eigenvalue weighted by Crippen LogP contribution is -2.14. The monoisotopic (exact) mass is 487 g/mol. The third kappa shape index (κ3) is 3.99. The van der Waals surface area contributed by atoms with Crippen LogP contribution in [0.3, 0.4) is 0 Å². The molecule has 2 heterocycles. The highest BCUT2D eigenvalue weighted by atomic mass is 35.5. The zero-order valence-corrected chi connectivity index (χ0v) is 17.6. The van der Waals surface area contributed by atoms with Crippen LogP contribution in [0.2, 0.25) is 10.0 Å².